The second-order valence-corrected chi connectivity index (χ2v) is 13.2. The number of anilines is 1. The summed E-state index contributed by atoms with van der Waals surface area (Å²) in [6.07, 6.45) is 1.95. The lowest BCUT2D eigenvalue weighted by Gasteiger charge is -2.34. The molecule has 0 aliphatic heterocycles. The van der Waals surface area contributed by atoms with Gasteiger partial charge in [-0.05, 0) is 67.3 Å². The summed E-state index contributed by atoms with van der Waals surface area (Å²) < 4.78 is 35.0. The first-order valence-electron chi connectivity index (χ1n) is 15.5. The number of unbranched alkanes of at least 4 members (excludes halogenated alkanes) is 1. The lowest BCUT2D eigenvalue weighted by Crippen LogP contribution is -2.53. The van der Waals surface area contributed by atoms with E-state index in [-0.39, 0.29) is 23.8 Å². The quantitative estimate of drug-likeness (QED) is 0.159. The molecule has 0 saturated heterocycles. The molecule has 8 nitrogen and oxygen atoms in total. The van der Waals surface area contributed by atoms with E-state index in [4.69, 9.17) is 4.74 Å². The van der Waals surface area contributed by atoms with Gasteiger partial charge in [0, 0.05) is 19.5 Å². The predicted octanol–water partition coefficient (Wildman–Crippen LogP) is 6.06. The van der Waals surface area contributed by atoms with Crippen LogP contribution in [0.15, 0.2) is 108 Å². The van der Waals surface area contributed by atoms with Crippen LogP contribution in [0.25, 0.3) is 0 Å². The van der Waals surface area contributed by atoms with Gasteiger partial charge >= 0.3 is 0 Å². The molecule has 4 rings (SSSR count). The van der Waals surface area contributed by atoms with Crippen molar-refractivity contribution in [3.63, 3.8) is 0 Å². The first kappa shape index (κ1) is 34.2. The van der Waals surface area contributed by atoms with Gasteiger partial charge in [0.05, 0.1) is 17.7 Å². The Morgan fingerprint density at radius 1 is 0.848 bits per heavy atom. The summed E-state index contributed by atoms with van der Waals surface area (Å²) >= 11 is 0. The summed E-state index contributed by atoms with van der Waals surface area (Å²) in [6, 6.07) is 29.6. The SMILES string of the molecule is CCCCNC(=O)C(Cc1ccccc1)N(Cc1cccc(OC)c1)C(=O)CN(c1ccccc1C)S(=O)(=O)c1ccc(C)cc1. The maximum Gasteiger partial charge on any atom is 0.264 e. The third-order valence-electron chi connectivity index (χ3n) is 7.86. The Bertz CT molecular complexity index is 1710. The molecule has 4 aromatic rings. The Morgan fingerprint density at radius 3 is 2.20 bits per heavy atom. The maximum absolute atomic E-state index is 14.6. The molecule has 4 aromatic carbocycles. The van der Waals surface area contributed by atoms with Crippen molar-refractivity contribution in [3.05, 3.63) is 125 Å². The Morgan fingerprint density at radius 2 is 1.52 bits per heavy atom. The van der Waals surface area contributed by atoms with Gasteiger partial charge in [-0.3, -0.25) is 13.9 Å². The van der Waals surface area contributed by atoms with Crippen molar-refractivity contribution in [2.45, 2.75) is 57.5 Å². The number of benzene rings is 4. The van der Waals surface area contributed by atoms with Crippen molar-refractivity contribution in [3.8, 4) is 5.75 Å². The number of aryl methyl sites for hydroxylation is 2. The lowest BCUT2D eigenvalue weighted by molar-refractivity contribution is -0.140. The largest absolute Gasteiger partial charge is 0.497 e. The van der Waals surface area contributed by atoms with E-state index < -0.39 is 28.5 Å². The maximum atomic E-state index is 14.6. The number of carbonyl (C=O) groups excluding carboxylic acids is 2. The minimum atomic E-state index is -4.16. The molecule has 0 heterocycles. The highest BCUT2D eigenvalue weighted by Crippen LogP contribution is 2.28. The Labute approximate surface area is 273 Å². The molecule has 0 saturated carbocycles. The monoisotopic (exact) mass is 641 g/mol. The molecule has 0 fully saturated rings. The normalized spacial score (nSPS) is 11.8. The summed E-state index contributed by atoms with van der Waals surface area (Å²) in [6.45, 7) is 5.78. The molecule has 1 unspecified atom stereocenters. The van der Waals surface area contributed by atoms with Crippen LogP contribution in [0, 0.1) is 13.8 Å². The number of hydrogen-bond donors (Lipinski definition) is 1. The molecule has 9 heteroatoms. The van der Waals surface area contributed by atoms with Crippen LogP contribution in [0.4, 0.5) is 5.69 Å². The second kappa shape index (κ2) is 16.1. The average molecular weight is 642 g/mol. The number of rotatable bonds is 15. The van der Waals surface area contributed by atoms with E-state index in [0.717, 1.165) is 33.8 Å². The standard InChI is InChI=1S/C37H43N3O5S/c1-5-6-23-38-37(42)35(25-30-14-8-7-9-15-30)39(26-31-16-12-17-32(24-31)45-4)36(41)27-40(34-18-11-10-13-29(34)3)46(43,44)33-21-19-28(2)20-22-33/h7-22,24,35H,5-6,23,25-27H2,1-4H3,(H,38,42). The first-order valence-corrected chi connectivity index (χ1v) is 17.0. The van der Waals surface area contributed by atoms with Crippen LogP contribution < -0.4 is 14.4 Å². The fourth-order valence-electron chi connectivity index (χ4n) is 5.22. The van der Waals surface area contributed by atoms with Gasteiger partial charge in [0.25, 0.3) is 10.0 Å². The highest BCUT2D eigenvalue weighted by Gasteiger charge is 2.35. The van der Waals surface area contributed by atoms with Gasteiger partial charge in [0.15, 0.2) is 0 Å². The number of para-hydroxylation sites is 1. The van der Waals surface area contributed by atoms with E-state index in [1.165, 1.54) is 4.90 Å². The number of methoxy groups -OCH3 is 1. The van der Waals surface area contributed by atoms with Gasteiger partial charge < -0.3 is 15.0 Å². The van der Waals surface area contributed by atoms with Crippen molar-refractivity contribution in [1.29, 1.82) is 0 Å². The molecule has 1 atom stereocenters. The highest BCUT2D eigenvalue weighted by atomic mass is 32.2. The fourth-order valence-corrected chi connectivity index (χ4v) is 6.70. The smallest absolute Gasteiger partial charge is 0.264 e. The number of carbonyl (C=O) groups is 2. The molecule has 0 spiro atoms. The molecule has 0 radical (unpaired) electrons. The molecule has 0 aromatic heterocycles. The Hall–Kier alpha value is -4.63. The molecule has 242 valence electrons. The van der Waals surface area contributed by atoms with Crippen LogP contribution in [0.1, 0.15) is 42.0 Å². The molecule has 0 aliphatic carbocycles. The molecule has 0 bridgehead atoms. The molecule has 1 N–H and O–H groups in total. The van der Waals surface area contributed by atoms with Crippen LogP contribution in [0.2, 0.25) is 0 Å². The minimum Gasteiger partial charge on any atom is -0.497 e. The van der Waals surface area contributed by atoms with Gasteiger partial charge in [-0.25, -0.2) is 8.42 Å². The van der Waals surface area contributed by atoms with E-state index in [1.54, 1.807) is 43.5 Å². The number of nitrogens with zero attached hydrogens (tertiary/aromatic N) is 2. The minimum absolute atomic E-state index is 0.0704. The summed E-state index contributed by atoms with van der Waals surface area (Å²) in [5, 5.41) is 3.01. The van der Waals surface area contributed by atoms with Crippen molar-refractivity contribution >= 4 is 27.5 Å². The van der Waals surface area contributed by atoms with Crippen LogP contribution >= 0.6 is 0 Å². The molecule has 0 aliphatic rings. The van der Waals surface area contributed by atoms with Crippen LogP contribution in [-0.4, -0.2) is 51.4 Å². The van der Waals surface area contributed by atoms with Crippen molar-refractivity contribution in [2.24, 2.45) is 0 Å². The molecular formula is C37H43N3O5S. The summed E-state index contributed by atoms with van der Waals surface area (Å²) in [5.41, 5.74) is 3.63. The first-order chi connectivity index (χ1) is 22.1. The summed E-state index contributed by atoms with van der Waals surface area (Å²) in [5.74, 6) is -0.189. The van der Waals surface area contributed by atoms with Gasteiger partial charge in [-0.1, -0.05) is 91.7 Å². The van der Waals surface area contributed by atoms with Gasteiger partial charge in [0.2, 0.25) is 11.8 Å². The topological polar surface area (TPSA) is 96.0 Å². The van der Waals surface area contributed by atoms with Gasteiger partial charge in [-0.2, -0.15) is 0 Å². The van der Waals surface area contributed by atoms with Crippen molar-refractivity contribution in [1.82, 2.24) is 10.2 Å². The van der Waals surface area contributed by atoms with Crippen LogP contribution in [0.3, 0.4) is 0 Å². The third-order valence-corrected chi connectivity index (χ3v) is 9.63. The Kier molecular flexibility index (Phi) is 12.0. The lowest BCUT2D eigenvalue weighted by atomic mass is 10.0. The second-order valence-electron chi connectivity index (χ2n) is 11.3. The van der Waals surface area contributed by atoms with Crippen LogP contribution in [0.5, 0.6) is 5.75 Å². The van der Waals surface area contributed by atoms with Crippen molar-refractivity contribution < 1.29 is 22.7 Å². The van der Waals surface area contributed by atoms with E-state index >= 15 is 0 Å². The van der Waals surface area contributed by atoms with Crippen molar-refractivity contribution in [2.75, 3.05) is 24.5 Å². The third kappa shape index (κ3) is 8.75. The zero-order valence-electron chi connectivity index (χ0n) is 27.0. The van der Waals surface area contributed by atoms with E-state index in [9.17, 15) is 18.0 Å². The summed E-state index contributed by atoms with van der Waals surface area (Å²) in [4.78, 5) is 30.1. The van der Waals surface area contributed by atoms with Crippen LogP contribution in [-0.2, 0) is 32.6 Å². The van der Waals surface area contributed by atoms with E-state index in [2.05, 4.69) is 5.32 Å². The van der Waals surface area contributed by atoms with Gasteiger partial charge in [-0.15, -0.1) is 0 Å². The summed E-state index contributed by atoms with van der Waals surface area (Å²) in [7, 11) is -2.60. The number of nitrogens with one attached hydrogen (secondary N) is 1. The zero-order valence-corrected chi connectivity index (χ0v) is 27.8. The zero-order chi connectivity index (χ0) is 33.1. The number of hydrogen-bond acceptors (Lipinski definition) is 5. The molecule has 2 amide bonds. The predicted molar refractivity (Wildman–Crippen MR) is 182 cm³/mol. The van der Waals surface area contributed by atoms with Gasteiger partial charge in [0.1, 0.15) is 18.3 Å². The molecular weight excluding hydrogens is 598 g/mol. The average Bonchev–Trinajstić information content (AvgIpc) is 3.06. The number of ether oxygens (including phenoxy) is 1. The fraction of sp³-hybridized carbons (Fsp3) is 0.297. The van der Waals surface area contributed by atoms with E-state index in [1.807, 2.05) is 87.5 Å². The highest BCUT2D eigenvalue weighted by molar-refractivity contribution is 7.92. The number of sulfonamides is 1. The molecule has 46 heavy (non-hydrogen) atoms. The Balaban J connectivity index is 1.81. The van der Waals surface area contributed by atoms with E-state index in [0.29, 0.717) is 23.5 Å². The number of amides is 2.